The standard InChI is InChI=1S/C18H20FN3O3S/c1-2-14(18(24)22-7-9-25-10-8-22)21-16(23)15-11-20-17(26-15)12-5-3-4-6-13(12)19/h3-6,11,14H,2,7-10H2,1H3,(H,21,23). The van der Waals surface area contributed by atoms with E-state index in [9.17, 15) is 14.0 Å². The molecule has 0 bridgehead atoms. The van der Waals surface area contributed by atoms with Crippen LogP contribution >= 0.6 is 11.3 Å². The molecule has 3 rings (SSSR count). The zero-order valence-corrected chi connectivity index (χ0v) is 15.2. The highest BCUT2D eigenvalue weighted by molar-refractivity contribution is 7.16. The minimum absolute atomic E-state index is 0.108. The molecule has 0 saturated carbocycles. The van der Waals surface area contributed by atoms with Crippen molar-refractivity contribution in [2.45, 2.75) is 19.4 Å². The minimum Gasteiger partial charge on any atom is -0.378 e. The Morgan fingerprint density at radius 1 is 1.35 bits per heavy atom. The second kappa shape index (κ2) is 8.37. The van der Waals surface area contributed by atoms with Gasteiger partial charge in [-0.3, -0.25) is 9.59 Å². The summed E-state index contributed by atoms with van der Waals surface area (Å²) in [6.45, 7) is 3.93. The van der Waals surface area contributed by atoms with Crippen LogP contribution in [0, 0.1) is 5.82 Å². The van der Waals surface area contributed by atoms with Gasteiger partial charge in [-0.1, -0.05) is 19.1 Å². The maximum Gasteiger partial charge on any atom is 0.263 e. The van der Waals surface area contributed by atoms with Crippen LogP contribution in [0.5, 0.6) is 0 Å². The van der Waals surface area contributed by atoms with Crippen molar-refractivity contribution in [1.29, 1.82) is 0 Å². The smallest absolute Gasteiger partial charge is 0.263 e. The van der Waals surface area contributed by atoms with Gasteiger partial charge < -0.3 is 15.0 Å². The molecule has 1 aromatic carbocycles. The number of hydrogen-bond donors (Lipinski definition) is 1. The molecule has 1 saturated heterocycles. The van der Waals surface area contributed by atoms with E-state index < -0.39 is 6.04 Å². The molecule has 2 heterocycles. The number of carbonyl (C=O) groups is 2. The van der Waals surface area contributed by atoms with Gasteiger partial charge in [0.2, 0.25) is 5.91 Å². The van der Waals surface area contributed by atoms with E-state index in [2.05, 4.69) is 10.3 Å². The van der Waals surface area contributed by atoms with Crippen molar-refractivity contribution in [3.63, 3.8) is 0 Å². The zero-order valence-electron chi connectivity index (χ0n) is 14.4. The molecule has 1 aliphatic rings. The van der Waals surface area contributed by atoms with Crippen molar-refractivity contribution in [2.75, 3.05) is 26.3 Å². The molecule has 0 spiro atoms. The predicted molar refractivity (Wildman–Crippen MR) is 96.5 cm³/mol. The summed E-state index contributed by atoms with van der Waals surface area (Å²) >= 11 is 1.10. The molecule has 1 aromatic heterocycles. The van der Waals surface area contributed by atoms with Gasteiger partial charge in [-0.25, -0.2) is 9.37 Å². The van der Waals surface area contributed by atoms with Gasteiger partial charge in [0.15, 0.2) is 0 Å². The fraction of sp³-hybridized carbons (Fsp3) is 0.389. The maximum absolute atomic E-state index is 13.9. The highest BCUT2D eigenvalue weighted by Crippen LogP contribution is 2.27. The number of amides is 2. The predicted octanol–water partition coefficient (Wildman–Crippen LogP) is 2.32. The first-order chi connectivity index (χ1) is 12.6. The Bertz CT molecular complexity index is 789. The summed E-state index contributed by atoms with van der Waals surface area (Å²) in [5.74, 6) is -0.871. The third-order valence-electron chi connectivity index (χ3n) is 4.17. The van der Waals surface area contributed by atoms with Gasteiger partial charge in [-0.15, -0.1) is 11.3 Å². The Hall–Kier alpha value is -2.32. The summed E-state index contributed by atoms with van der Waals surface area (Å²) in [6.07, 6.45) is 1.90. The normalized spacial score (nSPS) is 15.5. The van der Waals surface area contributed by atoms with Crippen molar-refractivity contribution in [3.05, 3.63) is 41.2 Å². The molecular weight excluding hydrogens is 357 g/mol. The molecule has 1 N–H and O–H groups in total. The third kappa shape index (κ3) is 4.08. The second-order valence-electron chi connectivity index (χ2n) is 5.88. The Balaban J connectivity index is 1.69. The minimum atomic E-state index is -0.598. The van der Waals surface area contributed by atoms with E-state index in [1.807, 2.05) is 6.92 Å². The molecule has 1 unspecified atom stereocenters. The molecule has 26 heavy (non-hydrogen) atoms. The first-order valence-corrected chi connectivity index (χ1v) is 9.30. The average Bonchev–Trinajstić information content (AvgIpc) is 3.16. The van der Waals surface area contributed by atoms with Crippen LogP contribution in [0.4, 0.5) is 4.39 Å². The lowest BCUT2D eigenvalue weighted by Gasteiger charge is -2.30. The molecule has 0 aliphatic carbocycles. The first kappa shape index (κ1) is 18.5. The number of thiazole rings is 1. The Kier molecular flexibility index (Phi) is 5.95. The van der Waals surface area contributed by atoms with Crippen LogP contribution in [0.15, 0.2) is 30.5 Å². The lowest BCUT2D eigenvalue weighted by molar-refractivity contribution is -0.137. The van der Waals surface area contributed by atoms with E-state index in [1.165, 1.54) is 12.3 Å². The molecular formula is C18H20FN3O3S. The largest absolute Gasteiger partial charge is 0.378 e. The lowest BCUT2D eigenvalue weighted by atomic mass is 10.2. The van der Waals surface area contributed by atoms with Crippen molar-refractivity contribution < 1.29 is 18.7 Å². The van der Waals surface area contributed by atoms with Gasteiger partial charge >= 0.3 is 0 Å². The van der Waals surface area contributed by atoms with Gasteiger partial charge in [-0.2, -0.15) is 0 Å². The molecule has 138 valence electrons. The molecule has 2 amide bonds. The topological polar surface area (TPSA) is 71.5 Å². The number of hydrogen-bond acceptors (Lipinski definition) is 5. The molecule has 1 aliphatic heterocycles. The van der Waals surface area contributed by atoms with Crippen LogP contribution in [-0.4, -0.2) is 54.0 Å². The highest BCUT2D eigenvalue weighted by Gasteiger charge is 2.26. The molecule has 6 nitrogen and oxygen atoms in total. The van der Waals surface area contributed by atoms with Crippen LogP contribution in [0.1, 0.15) is 23.0 Å². The van der Waals surface area contributed by atoms with E-state index in [0.29, 0.717) is 48.2 Å². The number of morpholine rings is 1. The molecule has 8 heteroatoms. The molecule has 1 atom stereocenters. The number of halogens is 1. The number of ether oxygens (including phenoxy) is 1. The zero-order chi connectivity index (χ0) is 18.5. The summed E-state index contributed by atoms with van der Waals surface area (Å²) in [7, 11) is 0. The summed E-state index contributed by atoms with van der Waals surface area (Å²) in [4.78, 5) is 31.3. The maximum atomic E-state index is 13.9. The van der Waals surface area contributed by atoms with Crippen molar-refractivity contribution >= 4 is 23.2 Å². The molecule has 2 aromatic rings. The van der Waals surface area contributed by atoms with Crippen LogP contribution in [0.25, 0.3) is 10.6 Å². The van der Waals surface area contributed by atoms with E-state index in [1.54, 1.807) is 23.1 Å². The number of nitrogens with zero attached hydrogens (tertiary/aromatic N) is 2. The van der Waals surface area contributed by atoms with Crippen molar-refractivity contribution in [3.8, 4) is 10.6 Å². The highest BCUT2D eigenvalue weighted by atomic mass is 32.1. The van der Waals surface area contributed by atoms with Crippen LogP contribution in [0.3, 0.4) is 0 Å². The molecule has 0 radical (unpaired) electrons. The van der Waals surface area contributed by atoms with E-state index in [4.69, 9.17) is 4.74 Å². The van der Waals surface area contributed by atoms with E-state index >= 15 is 0 Å². The Morgan fingerprint density at radius 3 is 2.77 bits per heavy atom. The Labute approximate surface area is 155 Å². The van der Waals surface area contributed by atoms with Crippen LogP contribution in [0.2, 0.25) is 0 Å². The number of carbonyl (C=O) groups excluding carboxylic acids is 2. The number of rotatable bonds is 5. The van der Waals surface area contributed by atoms with Gasteiger partial charge in [0.1, 0.15) is 21.7 Å². The number of aromatic nitrogens is 1. The summed E-state index contributed by atoms with van der Waals surface area (Å²) < 4.78 is 19.1. The van der Waals surface area contributed by atoms with Crippen molar-refractivity contribution in [2.24, 2.45) is 0 Å². The number of nitrogens with one attached hydrogen (secondary N) is 1. The fourth-order valence-corrected chi connectivity index (χ4v) is 3.56. The van der Waals surface area contributed by atoms with Crippen LogP contribution < -0.4 is 5.32 Å². The van der Waals surface area contributed by atoms with Gasteiger partial charge in [0.05, 0.1) is 19.4 Å². The van der Waals surface area contributed by atoms with E-state index in [-0.39, 0.29) is 17.6 Å². The summed E-state index contributed by atoms with van der Waals surface area (Å²) in [5.41, 5.74) is 0.355. The van der Waals surface area contributed by atoms with E-state index in [0.717, 1.165) is 11.3 Å². The van der Waals surface area contributed by atoms with Gasteiger partial charge in [0, 0.05) is 18.7 Å². The van der Waals surface area contributed by atoms with Gasteiger partial charge in [0.25, 0.3) is 5.91 Å². The third-order valence-corrected chi connectivity index (χ3v) is 5.20. The summed E-state index contributed by atoms with van der Waals surface area (Å²) in [5, 5.41) is 3.20. The van der Waals surface area contributed by atoms with Gasteiger partial charge in [-0.05, 0) is 18.6 Å². The second-order valence-corrected chi connectivity index (χ2v) is 6.91. The summed E-state index contributed by atoms with van der Waals surface area (Å²) in [6, 6.07) is 5.69. The van der Waals surface area contributed by atoms with Crippen LogP contribution in [-0.2, 0) is 9.53 Å². The average molecular weight is 377 g/mol. The fourth-order valence-electron chi connectivity index (χ4n) is 2.71. The lowest BCUT2D eigenvalue weighted by Crippen LogP contribution is -2.51. The number of benzene rings is 1. The van der Waals surface area contributed by atoms with Crippen molar-refractivity contribution in [1.82, 2.24) is 15.2 Å². The Morgan fingerprint density at radius 2 is 2.08 bits per heavy atom. The molecule has 1 fully saturated rings. The SMILES string of the molecule is CCC(NC(=O)c1cnc(-c2ccccc2F)s1)C(=O)N1CCOCC1. The monoisotopic (exact) mass is 377 g/mol. The quantitative estimate of drug-likeness (QED) is 0.868. The first-order valence-electron chi connectivity index (χ1n) is 8.48.